The van der Waals surface area contributed by atoms with E-state index in [2.05, 4.69) is 0 Å². The molecule has 1 fully saturated rings. The van der Waals surface area contributed by atoms with E-state index in [1.165, 1.54) is 24.5 Å². The van der Waals surface area contributed by atoms with E-state index in [1.807, 2.05) is 0 Å². The molecular weight excluding hydrogens is 410 g/mol. The summed E-state index contributed by atoms with van der Waals surface area (Å²) in [6.07, 6.45) is 0.972. The highest BCUT2D eigenvalue weighted by molar-refractivity contribution is 7.90. The van der Waals surface area contributed by atoms with Crippen LogP contribution in [0.15, 0.2) is 41.4 Å². The fourth-order valence-corrected chi connectivity index (χ4v) is 4.42. The van der Waals surface area contributed by atoms with Crippen molar-refractivity contribution < 1.29 is 32.3 Å². The molecule has 8 nitrogen and oxygen atoms in total. The Balaban J connectivity index is 1.98. The number of hydrogen-bond donors (Lipinski definition) is 0. The third kappa shape index (κ3) is 4.30. The molecule has 0 spiro atoms. The number of sulfone groups is 1. The van der Waals surface area contributed by atoms with E-state index >= 15 is 0 Å². The first-order valence-corrected chi connectivity index (χ1v) is 11.3. The summed E-state index contributed by atoms with van der Waals surface area (Å²) >= 11 is 0. The fraction of sp³-hybridized carbons (Fsp3) is 0.381. The molecule has 0 bridgehead atoms. The van der Waals surface area contributed by atoms with Gasteiger partial charge in [-0.25, -0.2) is 8.42 Å². The van der Waals surface area contributed by atoms with Crippen LogP contribution >= 0.6 is 0 Å². The summed E-state index contributed by atoms with van der Waals surface area (Å²) in [4.78, 5) is 37.6. The van der Waals surface area contributed by atoms with Gasteiger partial charge in [0.2, 0.25) is 5.78 Å². The average Bonchev–Trinajstić information content (AvgIpc) is 2.97. The first-order chi connectivity index (χ1) is 13.9. The van der Waals surface area contributed by atoms with Gasteiger partial charge in [0.25, 0.3) is 5.79 Å². The molecule has 0 atom stereocenters. The zero-order valence-electron chi connectivity index (χ0n) is 17.2. The summed E-state index contributed by atoms with van der Waals surface area (Å²) in [5.41, 5.74) is 1.08. The second-order valence-electron chi connectivity index (χ2n) is 7.72. The number of aromatic nitrogens is 1. The van der Waals surface area contributed by atoms with Crippen LogP contribution in [0.25, 0.3) is 0 Å². The fourth-order valence-electron chi connectivity index (χ4n) is 3.45. The number of hydrogen-bond acceptors (Lipinski definition) is 7. The minimum absolute atomic E-state index is 0.0561. The maximum Gasteiger partial charge on any atom is 0.323 e. The molecule has 9 heteroatoms. The number of aryl methyl sites for hydroxylation is 1. The lowest BCUT2D eigenvalue weighted by molar-refractivity contribution is -0.240. The molecule has 3 rings (SSSR count). The maximum absolute atomic E-state index is 13.1. The van der Waals surface area contributed by atoms with Gasteiger partial charge in [-0.15, -0.1) is 0 Å². The lowest BCUT2D eigenvalue weighted by atomic mass is 10.0. The van der Waals surface area contributed by atoms with E-state index < -0.39 is 33.5 Å². The van der Waals surface area contributed by atoms with Crippen molar-refractivity contribution in [3.8, 4) is 0 Å². The van der Waals surface area contributed by atoms with Crippen molar-refractivity contribution in [1.82, 2.24) is 4.57 Å². The minimum Gasteiger partial charge on any atom is -0.422 e. The second-order valence-corrected chi connectivity index (χ2v) is 9.68. The number of nitrogens with zero attached hydrogens (tertiary/aromatic N) is 1. The van der Waals surface area contributed by atoms with Crippen molar-refractivity contribution >= 4 is 27.6 Å². The summed E-state index contributed by atoms with van der Waals surface area (Å²) in [5, 5.41) is -0.0582. The largest absolute Gasteiger partial charge is 0.422 e. The normalized spacial score (nSPS) is 16.8. The minimum atomic E-state index is -3.67. The highest BCUT2D eigenvalue weighted by atomic mass is 32.2. The first-order valence-electron chi connectivity index (χ1n) is 9.36. The van der Waals surface area contributed by atoms with Crippen molar-refractivity contribution in [2.75, 3.05) is 6.26 Å². The van der Waals surface area contributed by atoms with Gasteiger partial charge in [0.05, 0.1) is 5.69 Å². The number of benzene rings is 1. The van der Waals surface area contributed by atoms with Crippen molar-refractivity contribution in [2.24, 2.45) is 5.92 Å². The Morgan fingerprint density at radius 1 is 1.10 bits per heavy atom. The van der Waals surface area contributed by atoms with Gasteiger partial charge in [-0.1, -0.05) is 30.3 Å². The number of carbonyl (C=O) groups excluding carboxylic acids is 3. The Morgan fingerprint density at radius 3 is 2.20 bits per heavy atom. The SMILES string of the molecule is Cc1cc(S(C)(=O)=O)n(CCC2C(=O)OC(C)(C)OC2=O)c1C(=O)c1ccccc1. The van der Waals surface area contributed by atoms with Crippen LogP contribution in [-0.4, -0.2) is 42.7 Å². The average molecular weight is 433 g/mol. The highest BCUT2D eigenvalue weighted by Gasteiger charge is 2.43. The molecule has 1 aliphatic rings. The molecule has 0 amide bonds. The van der Waals surface area contributed by atoms with Gasteiger partial charge < -0.3 is 14.0 Å². The van der Waals surface area contributed by atoms with Crippen molar-refractivity contribution in [2.45, 2.75) is 44.5 Å². The van der Waals surface area contributed by atoms with Gasteiger partial charge in [0.1, 0.15) is 5.03 Å². The van der Waals surface area contributed by atoms with Gasteiger partial charge in [0, 0.05) is 32.2 Å². The first kappa shape index (κ1) is 21.8. The van der Waals surface area contributed by atoms with Gasteiger partial charge >= 0.3 is 11.9 Å². The van der Waals surface area contributed by atoms with E-state index in [0.29, 0.717) is 11.1 Å². The van der Waals surface area contributed by atoms with Gasteiger partial charge in [-0.05, 0) is 25.0 Å². The molecular formula is C21H23NO7S. The van der Waals surface area contributed by atoms with E-state index in [9.17, 15) is 22.8 Å². The van der Waals surface area contributed by atoms with Crippen LogP contribution in [0.5, 0.6) is 0 Å². The molecule has 0 radical (unpaired) electrons. The van der Waals surface area contributed by atoms with E-state index in [4.69, 9.17) is 9.47 Å². The van der Waals surface area contributed by atoms with Crippen molar-refractivity contribution in [3.63, 3.8) is 0 Å². The standard InChI is InChI=1S/C21H23NO7S/c1-13-12-16(30(4,26)27)22(17(13)18(23)14-8-6-5-7-9-14)11-10-15-19(24)28-21(2,3)29-20(15)25/h5-9,12,15H,10-11H2,1-4H3. The molecule has 160 valence electrons. The number of ether oxygens (including phenoxy) is 2. The number of carbonyl (C=O) groups is 3. The van der Waals surface area contributed by atoms with Crippen LogP contribution < -0.4 is 0 Å². The Kier molecular flexibility index (Phi) is 5.60. The third-order valence-electron chi connectivity index (χ3n) is 4.78. The number of ketones is 1. The molecule has 0 saturated carbocycles. The zero-order valence-corrected chi connectivity index (χ0v) is 18.0. The summed E-state index contributed by atoms with van der Waals surface area (Å²) in [7, 11) is -3.67. The monoisotopic (exact) mass is 433 g/mol. The number of rotatable bonds is 6. The van der Waals surface area contributed by atoms with E-state index in [0.717, 1.165) is 6.26 Å². The Hall–Kier alpha value is -2.94. The predicted octanol–water partition coefficient (Wildman–Crippen LogP) is 2.27. The molecule has 0 N–H and O–H groups in total. The molecule has 0 unspecified atom stereocenters. The zero-order chi connectivity index (χ0) is 22.3. The maximum atomic E-state index is 13.1. The lowest BCUT2D eigenvalue weighted by Gasteiger charge is -2.33. The van der Waals surface area contributed by atoms with Crippen LogP contribution in [0, 0.1) is 12.8 Å². The molecule has 30 heavy (non-hydrogen) atoms. The summed E-state index contributed by atoms with van der Waals surface area (Å²) in [5.74, 6) is -4.37. The van der Waals surface area contributed by atoms with Crippen LogP contribution in [0.4, 0.5) is 0 Å². The molecule has 2 heterocycles. The molecule has 1 aliphatic heterocycles. The van der Waals surface area contributed by atoms with Crippen molar-refractivity contribution in [1.29, 1.82) is 0 Å². The van der Waals surface area contributed by atoms with Crippen LogP contribution in [-0.2, 0) is 35.4 Å². The van der Waals surface area contributed by atoms with Crippen LogP contribution in [0.1, 0.15) is 41.9 Å². The smallest absolute Gasteiger partial charge is 0.323 e. The van der Waals surface area contributed by atoms with Gasteiger partial charge in [0.15, 0.2) is 15.8 Å². The predicted molar refractivity (Wildman–Crippen MR) is 107 cm³/mol. The number of esters is 2. The molecule has 1 saturated heterocycles. The van der Waals surface area contributed by atoms with Gasteiger partial charge in [-0.2, -0.15) is 0 Å². The summed E-state index contributed by atoms with van der Waals surface area (Å²) < 4.78 is 36.2. The lowest BCUT2D eigenvalue weighted by Crippen LogP contribution is -2.46. The number of cyclic esters (lactones) is 2. The van der Waals surface area contributed by atoms with E-state index in [-0.39, 0.29) is 29.5 Å². The topological polar surface area (TPSA) is 109 Å². The van der Waals surface area contributed by atoms with Gasteiger partial charge in [-0.3, -0.25) is 14.4 Å². The molecule has 0 aliphatic carbocycles. The third-order valence-corrected chi connectivity index (χ3v) is 5.88. The van der Waals surface area contributed by atoms with Crippen LogP contribution in [0.3, 0.4) is 0 Å². The summed E-state index contributed by atoms with van der Waals surface area (Å²) in [6.45, 7) is 4.49. The van der Waals surface area contributed by atoms with Crippen LogP contribution in [0.2, 0.25) is 0 Å². The summed E-state index contributed by atoms with van der Waals surface area (Å²) in [6, 6.07) is 9.89. The molecule has 2 aromatic rings. The van der Waals surface area contributed by atoms with Crippen molar-refractivity contribution in [3.05, 3.63) is 53.2 Å². The quantitative estimate of drug-likeness (QED) is 0.391. The highest BCUT2D eigenvalue weighted by Crippen LogP contribution is 2.28. The van der Waals surface area contributed by atoms with E-state index in [1.54, 1.807) is 37.3 Å². The Labute approximate surface area is 174 Å². The molecule has 1 aromatic heterocycles. The second kappa shape index (κ2) is 7.71. The molecule has 1 aromatic carbocycles. The Morgan fingerprint density at radius 2 is 1.67 bits per heavy atom. The Bertz CT molecular complexity index is 1090.